The summed E-state index contributed by atoms with van der Waals surface area (Å²) in [4.78, 5) is 4.71. The fourth-order valence-electron chi connectivity index (χ4n) is 1.09. The molecule has 0 aliphatic rings. The number of alkyl halides is 1. The van der Waals surface area contributed by atoms with Crippen molar-refractivity contribution >= 4 is 0 Å². The van der Waals surface area contributed by atoms with E-state index in [1.54, 1.807) is 7.11 Å². The predicted molar refractivity (Wildman–Crippen MR) is 50.0 cm³/mol. The number of benzene rings is 1. The molecule has 1 aromatic carbocycles. The Morgan fingerprint density at radius 1 is 1.23 bits per heavy atom. The first kappa shape index (κ1) is 10.2. The average Bonchev–Trinajstić information content (AvgIpc) is 2.17. The second-order valence-corrected chi connectivity index (χ2v) is 2.78. The van der Waals surface area contributed by atoms with Crippen molar-refractivity contribution < 1.29 is 9.23 Å². The fourth-order valence-corrected chi connectivity index (χ4v) is 1.09. The molecule has 1 rings (SSSR count). The van der Waals surface area contributed by atoms with Gasteiger partial charge in [-0.05, 0) is 11.1 Å². The third-order valence-electron chi connectivity index (χ3n) is 1.83. The van der Waals surface area contributed by atoms with E-state index in [4.69, 9.17) is 4.84 Å². The summed E-state index contributed by atoms with van der Waals surface area (Å²) in [7, 11) is 1.58. The molecule has 0 saturated carbocycles. The molecule has 1 N–H and O–H groups in total. The summed E-state index contributed by atoms with van der Waals surface area (Å²) < 4.78 is 11.9. The van der Waals surface area contributed by atoms with Gasteiger partial charge in [0.1, 0.15) is 0 Å². The van der Waals surface area contributed by atoms with E-state index in [-0.39, 0.29) is 6.67 Å². The molecule has 0 aliphatic heterocycles. The summed E-state index contributed by atoms with van der Waals surface area (Å²) in [5.74, 6) is 0. The zero-order chi connectivity index (χ0) is 9.52. The SMILES string of the molecule is CONCc1ccc(CCF)cc1. The molecule has 0 radical (unpaired) electrons. The molecule has 3 heteroatoms. The lowest BCUT2D eigenvalue weighted by molar-refractivity contribution is 0.0867. The number of hydrogen-bond acceptors (Lipinski definition) is 2. The van der Waals surface area contributed by atoms with Gasteiger partial charge in [0.15, 0.2) is 0 Å². The molecule has 0 aliphatic carbocycles. The molecule has 0 amide bonds. The number of nitrogens with one attached hydrogen (secondary N) is 1. The van der Waals surface area contributed by atoms with Gasteiger partial charge < -0.3 is 4.84 Å². The van der Waals surface area contributed by atoms with Gasteiger partial charge in [0.2, 0.25) is 0 Å². The highest BCUT2D eigenvalue weighted by Crippen LogP contribution is 2.05. The van der Waals surface area contributed by atoms with Crippen LogP contribution in [0, 0.1) is 0 Å². The monoisotopic (exact) mass is 183 g/mol. The molecule has 13 heavy (non-hydrogen) atoms. The molecule has 0 aromatic heterocycles. The van der Waals surface area contributed by atoms with Crippen molar-refractivity contribution in [2.24, 2.45) is 0 Å². The number of hydrogen-bond donors (Lipinski definition) is 1. The molecule has 0 unspecified atom stereocenters. The molecular formula is C10H14FNO. The minimum absolute atomic E-state index is 0.296. The van der Waals surface area contributed by atoms with Crippen molar-refractivity contribution in [3.05, 3.63) is 35.4 Å². The number of rotatable bonds is 5. The lowest BCUT2D eigenvalue weighted by atomic mass is 10.1. The van der Waals surface area contributed by atoms with Crippen molar-refractivity contribution in [2.45, 2.75) is 13.0 Å². The van der Waals surface area contributed by atoms with Gasteiger partial charge >= 0.3 is 0 Å². The molecule has 0 spiro atoms. The van der Waals surface area contributed by atoms with Gasteiger partial charge in [-0.1, -0.05) is 24.3 Å². The first-order valence-corrected chi connectivity index (χ1v) is 4.26. The fraction of sp³-hybridized carbons (Fsp3) is 0.400. The molecule has 0 bridgehead atoms. The average molecular weight is 183 g/mol. The van der Waals surface area contributed by atoms with Crippen LogP contribution in [-0.4, -0.2) is 13.8 Å². The van der Waals surface area contributed by atoms with Crippen LogP contribution in [0.5, 0.6) is 0 Å². The second-order valence-electron chi connectivity index (χ2n) is 2.78. The van der Waals surface area contributed by atoms with Gasteiger partial charge in [0, 0.05) is 13.0 Å². The topological polar surface area (TPSA) is 21.3 Å². The number of hydroxylamine groups is 1. The predicted octanol–water partition coefficient (Wildman–Crippen LogP) is 1.85. The van der Waals surface area contributed by atoms with Gasteiger partial charge in [-0.3, -0.25) is 4.39 Å². The Labute approximate surface area is 77.7 Å². The zero-order valence-electron chi connectivity index (χ0n) is 7.72. The highest BCUT2D eigenvalue weighted by Gasteiger charge is 1.93. The molecule has 0 saturated heterocycles. The summed E-state index contributed by atoms with van der Waals surface area (Å²) >= 11 is 0. The van der Waals surface area contributed by atoms with Gasteiger partial charge in [0.05, 0.1) is 13.8 Å². The first-order valence-electron chi connectivity index (χ1n) is 4.26. The minimum atomic E-state index is -0.296. The highest BCUT2D eigenvalue weighted by molar-refractivity contribution is 5.22. The number of halogens is 1. The third kappa shape index (κ3) is 3.53. The van der Waals surface area contributed by atoms with Crippen molar-refractivity contribution in [3.63, 3.8) is 0 Å². The smallest absolute Gasteiger partial charge is 0.0934 e. The van der Waals surface area contributed by atoms with Crippen LogP contribution in [-0.2, 0) is 17.8 Å². The van der Waals surface area contributed by atoms with Gasteiger partial charge in [-0.25, -0.2) is 0 Å². The normalized spacial score (nSPS) is 10.3. The van der Waals surface area contributed by atoms with Crippen LogP contribution >= 0.6 is 0 Å². The quantitative estimate of drug-likeness (QED) is 0.703. The molecule has 2 nitrogen and oxygen atoms in total. The second kappa shape index (κ2) is 5.67. The van der Waals surface area contributed by atoms with Crippen LogP contribution in [0.1, 0.15) is 11.1 Å². The van der Waals surface area contributed by atoms with E-state index in [0.29, 0.717) is 13.0 Å². The van der Waals surface area contributed by atoms with Crippen LogP contribution in [0.25, 0.3) is 0 Å². The van der Waals surface area contributed by atoms with Gasteiger partial charge in [-0.15, -0.1) is 0 Å². The van der Waals surface area contributed by atoms with Crippen molar-refractivity contribution in [3.8, 4) is 0 Å². The largest absolute Gasteiger partial charge is 0.305 e. The van der Waals surface area contributed by atoms with Crippen molar-refractivity contribution in [1.82, 2.24) is 5.48 Å². The van der Waals surface area contributed by atoms with E-state index in [9.17, 15) is 4.39 Å². The van der Waals surface area contributed by atoms with Crippen LogP contribution < -0.4 is 5.48 Å². The van der Waals surface area contributed by atoms with Gasteiger partial charge in [0.25, 0.3) is 0 Å². The Hall–Kier alpha value is -0.930. The first-order chi connectivity index (χ1) is 6.36. The van der Waals surface area contributed by atoms with Crippen LogP contribution in [0.15, 0.2) is 24.3 Å². The lowest BCUT2D eigenvalue weighted by Crippen LogP contribution is -2.10. The van der Waals surface area contributed by atoms with Crippen LogP contribution in [0.4, 0.5) is 4.39 Å². The maximum absolute atomic E-state index is 11.9. The molecular weight excluding hydrogens is 169 g/mol. The van der Waals surface area contributed by atoms with E-state index >= 15 is 0 Å². The summed E-state index contributed by atoms with van der Waals surface area (Å²) in [6.45, 7) is 0.377. The zero-order valence-corrected chi connectivity index (χ0v) is 7.72. The maximum Gasteiger partial charge on any atom is 0.0934 e. The molecule has 1 aromatic rings. The standard InChI is InChI=1S/C10H14FNO/c1-13-12-8-10-4-2-9(3-5-10)6-7-11/h2-5,12H,6-8H2,1H3. The summed E-state index contributed by atoms with van der Waals surface area (Å²) in [5, 5.41) is 0. The van der Waals surface area contributed by atoms with E-state index in [0.717, 1.165) is 11.1 Å². The van der Waals surface area contributed by atoms with Crippen molar-refractivity contribution in [1.29, 1.82) is 0 Å². The van der Waals surface area contributed by atoms with E-state index in [1.165, 1.54) is 0 Å². The minimum Gasteiger partial charge on any atom is -0.305 e. The Bertz CT molecular complexity index is 235. The van der Waals surface area contributed by atoms with E-state index < -0.39 is 0 Å². The summed E-state index contributed by atoms with van der Waals surface area (Å²) in [6, 6.07) is 7.81. The van der Waals surface area contributed by atoms with Crippen molar-refractivity contribution in [2.75, 3.05) is 13.8 Å². The van der Waals surface area contributed by atoms with Crippen LogP contribution in [0.3, 0.4) is 0 Å². The van der Waals surface area contributed by atoms with Crippen LogP contribution in [0.2, 0.25) is 0 Å². The maximum atomic E-state index is 11.9. The molecule has 72 valence electrons. The Kier molecular flexibility index (Phi) is 4.43. The molecule has 0 fully saturated rings. The van der Waals surface area contributed by atoms with E-state index in [1.807, 2.05) is 24.3 Å². The third-order valence-corrected chi connectivity index (χ3v) is 1.83. The van der Waals surface area contributed by atoms with Gasteiger partial charge in [-0.2, -0.15) is 5.48 Å². The lowest BCUT2D eigenvalue weighted by Gasteiger charge is -2.02. The Balaban J connectivity index is 2.48. The summed E-state index contributed by atoms with van der Waals surface area (Å²) in [5.41, 5.74) is 4.90. The Morgan fingerprint density at radius 2 is 1.85 bits per heavy atom. The highest BCUT2D eigenvalue weighted by atomic mass is 19.1. The molecule has 0 heterocycles. The summed E-state index contributed by atoms with van der Waals surface area (Å²) in [6.07, 6.45) is 0.498. The molecule has 0 atom stereocenters. The Morgan fingerprint density at radius 3 is 2.38 bits per heavy atom. The van der Waals surface area contributed by atoms with E-state index in [2.05, 4.69) is 5.48 Å². The number of aryl methyl sites for hydroxylation is 1.